The Morgan fingerprint density at radius 1 is 1.11 bits per heavy atom. The molecule has 0 atom stereocenters. The molecule has 0 unspecified atom stereocenters. The van der Waals surface area contributed by atoms with Crippen molar-refractivity contribution in [1.82, 2.24) is 20.4 Å². The fourth-order valence-electron chi connectivity index (χ4n) is 3.36. The van der Waals surface area contributed by atoms with Crippen LogP contribution in [0.4, 0.5) is 0 Å². The van der Waals surface area contributed by atoms with E-state index in [1.165, 1.54) is 57.0 Å². The van der Waals surface area contributed by atoms with Crippen molar-refractivity contribution in [3.05, 3.63) is 22.4 Å². The first-order valence-electron chi connectivity index (χ1n) is 10.6. The van der Waals surface area contributed by atoms with Gasteiger partial charge in [-0.05, 0) is 44.3 Å². The summed E-state index contributed by atoms with van der Waals surface area (Å²) in [6, 6.07) is 4.33. The molecular formula is C21H39N5S. The summed E-state index contributed by atoms with van der Waals surface area (Å²) in [5, 5.41) is 9.03. The van der Waals surface area contributed by atoms with Crippen LogP contribution in [0.1, 0.15) is 45.4 Å². The minimum Gasteiger partial charge on any atom is -0.357 e. The number of hydrogen-bond acceptors (Lipinski definition) is 4. The highest BCUT2D eigenvalue weighted by Gasteiger charge is 2.21. The lowest BCUT2D eigenvalue weighted by Crippen LogP contribution is -2.46. The second-order valence-electron chi connectivity index (χ2n) is 7.97. The van der Waals surface area contributed by atoms with Crippen molar-refractivity contribution < 1.29 is 0 Å². The van der Waals surface area contributed by atoms with Crippen LogP contribution in [-0.4, -0.2) is 74.7 Å². The van der Waals surface area contributed by atoms with Crippen LogP contribution in [0.15, 0.2) is 22.5 Å². The van der Waals surface area contributed by atoms with Crippen molar-refractivity contribution in [2.24, 2.45) is 4.99 Å². The van der Waals surface area contributed by atoms with E-state index in [0.29, 0.717) is 0 Å². The monoisotopic (exact) mass is 393 g/mol. The Labute approximate surface area is 170 Å². The second-order valence-corrected chi connectivity index (χ2v) is 8.91. The van der Waals surface area contributed by atoms with Gasteiger partial charge in [0.25, 0.3) is 0 Å². The van der Waals surface area contributed by atoms with Gasteiger partial charge in [0.15, 0.2) is 5.96 Å². The zero-order valence-corrected chi connectivity index (χ0v) is 18.6. The van der Waals surface area contributed by atoms with E-state index < -0.39 is 0 Å². The second kappa shape index (κ2) is 11.7. The van der Waals surface area contributed by atoms with Gasteiger partial charge in [0.2, 0.25) is 0 Å². The largest absolute Gasteiger partial charge is 0.357 e. The van der Waals surface area contributed by atoms with Crippen molar-refractivity contribution in [3.63, 3.8) is 0 Å². The van der Waals surface area contributed by atoms with Crippen LogP contribution in [-0.2, 0) is 5.41 Å². The first-order valence-corrected chi connectivity index (χ1v) is 11.4. The van der Waals surface area contributed by atoms with Gasteiger partial charge in [0.05, 0.1) is 6.54 Å². The highest BCUT2D eigenvalue weighted by molar-refractivity contribution is 7.10. The van der Waals surface area contributed by atoms with E-state index in [2.05, 4.69) is 65.6 Å². The third kappa shape index (κ3) is 7.80. The number of likely N-dealkylation sites (N-methyl/N-ethyl adjacent to an activating group) is 1. The summed E-state index contributed by atoms with van der Waals surface area (Å²) < 4.78 is 0. The SMILES string of the molecule is CCNC(=NCC(C)(C)c1cccs1)NCCCCN1CCN(CC)CC1. The number of guanidine groups is 1. The summed E-state index contributed by atoms with van der Waals surface area (Å²) >= 11 is 1.82. The average molecular weight is 394 g/mol. The van der Waals surface area contributed by atoms with Gasteiger partial charge in [0, 0.05) is 49.6 Å². The molecule has 0 saturated carbocycles. The normalized spacial score (nSPS) is 17.3. The zero-order chi connectivity index (χ0) is 19.5. The minimum absolute atomic E-state index is 0.0805. The first kappa shape index (κ1) is 22.2. The Morgan fingerprint density at radius 2 is 1.85 bits per heavy atom. The van der Waals surface area contributed by atoms with Crippen molar-refractivity contribution in [2.45, 2.75) is 46.0 Å². The molecule has 6 heteroatoms. The fraction of sp³-hybridized carbons (Fsp3) is 0.762. The summed E-state index contributed by atoms with van der Waals surface area (Å²) in [6.07, 6.45) is 2.44. The number of piperazine rings is 1. The maximum absolute atomic E-state index is 4.83. The Morgan fingerprint density at radius 3 is 2.48 bits per heavy atom. The predicted molar refractivity (Wildman–Crippen MR) is 119 cm³/mol. The molecule has 0 aromatic carbocycles. The van der Waals surface area contributed by atoms with Crippen molar-refractivity contribution >= 4 is 17.3 Å². The van der Waals surface area contributed by atoms with Crippen molar-refractivity contribution in [3.8, 4) is 0 Å². The third-order valence-corrected chi connectivity index (χ3v) is 6.51. The maximum atomic E-state index is 4.83. The van der Waals surface area contributed by atoms with E-state index >= 15 is 0 Å². The zero-order valence-electron chi connectivity index (χ0n) is 17.8. The highest BCUT2D eigenvalue weighted by Crippen LogP contribution is 2.27. The molecule has 1 aromatic heterocycles. The summed E-state index contributed by atoms with van der Waals surface area (Å²) in [5.41, 5.74) is 0.0805. The van der Waals surface area contributed by atoms with Crippen LogP contribution in [0.25, 0.3) is 0 Å². The molecule has 0 radical (unpaired) electrons. The summed E-state index contributed by atoms with van der Waals surface area (Å²) in [6.45, 7) is 18.9. The first-order chi connectivity index (χ1) is 13.0. The molecule has 1 aromatic rings. The number of hydrogen-bond donors (Lipinski definition) is 2. The molecule has 0 spiro atoms. The lowest BCUT2D eigenvalue weighted by molar-refractivity contribution is 0.136. The molecule has 27 heavy (non-hydrogen) atoms. The quantitative estimate of drug-likeness (QED) is 0.364. The molecule has 1 saturated heterocycles. The lowest BCUT2D eigenvalue weighted by atomic mass is 9.92. The molecular weight excluding hydrogens is 354 g/mol. The molecule has 2 N–H and O–H groups in total. The number of nitrogens with one attached hydrogen (secondary N) is 2. The van der Waals surface area contributed by atoms with E-state index in [1.54, 1.807) is 0 Å². The molecule has 1 aliphatic rings. The Kier molecular flexibility index (Phi) is 9.59. The van der Waals surface area contributed by atoms with Gasteiger partial charge in [-0.2, -0.15) is 0 Å². The molecule has 0 bridgehead atoms. The van der Waals surface area contributed by atoms with Crippen LogP contribution in [0, 0.1) is 0 Å². The fourth-order valence-corrected chi connectivity index (χ4v) is 4.20. The van der Waals surface area contributed by atoms with Gasteiger partial charge in [-0.1, -0.05) is 26.8 Å². The van der Waals surface area contributed by atoms with E-state index in [1.807, 2.05) is 11.3 Å². The van der Waals surface area contributed by atoms with Crippen LogP contribution in [0.5, 0.6) is 0 Å². The Hall–Kier alpha value is -1.11. The molecule has 1 fully saturated rings. The van der Waals surface area contributed by atoms with Gasteiger partial charge in [-0.3, -0.25) is 4.99 Å². The average Bonchev–Trinajstić information content (AvgIpc) is 3.22. The van der Waals surface area contributed by atoms with Crippen LogP contribution < -0.4 is 10.6 Å². The predicted octanol–water partition coefficient (Wildman–Crippen LogP) is 3.00. The molecule has 2 heterocycles. The smallest absolute Gasteiger partial charge is 0.191 e. The van der Waals surface area contributed by atoms with E-state index in [0.717, 1.165) is 25.6 Å². The molecule has 5 nitrogen and oxygen atoms in total. The summed E-state index contributed by atoms with van der Waals surface area (Å²) in [4.78, 5) is 11.4. The molecule has 154 valence electrons. The van der Waals surface area contributed by atoms with Crippen LogP contribution in [0.3, 0.4) is 0 Å². The number of unbranched alkanes of at least 4 members (excludes halogenated alkanes) is 1. The van der Waals surface area contributed by atoms with Gasteiger partial charge >= 0.3 is 0 Å². The van der Waals surface area contributed by atoms with E-state index in [-0.39, 0.29) is 5.41 Å². The van der Waals surface area contributed by atoms with Gasteiger partial charge in [-0.25, -0.2) is 0 Å². The van der Waals surface area contributed by atoms with Crippen molar-refractivity contribution in [1.29, 1.82) is 0 Å². The topological polar surface area (TPSA) is 42.9 Å². The lowest BCUT2D eigenvalue weighted by Gasteiger charge is -2.34. The molecule has 1 aliphatic heterocycles. The van der Waals surface area contributed by atoms with Gasteiger partial charge < -0.3 is 20.4 Å². The van der Waals surface area contributed by atoms with Gasteiger partial charge in [-0.15, -0.1) is 11.3 Å². The number of aliphatic imine (C=N–C) groups is 1. The summed E-state index contributed by atoms with van der Waals surface area (Å²) in [7, 11) is 0. The number of nitrogens with zero attached hydrogens (tertiary/aromatic N) is 3. The highest BCUT2D eigenvalue weighted by atomic mass is 32.1. The van der Waals surface area contributed by atoms with E-state index in [4.69, 9.17) is 4.99 Å². The van der Waals surface area contributed by atoms with E-state index in [9.17, 15) is 0 Å². The minimum atomic E-state index is 0.0805. The Balaban J connectivity index is 1.67. The summed E-state index contributed by atoms with van der Waals surface area (Å²) in [5.74, 6) is 0.943. The standard InChI is InChI=1S/C21H39N5S/c1-5-22-20(24-18-21(3,4)19-10-9-17-27-19)23-11-7-8-12-26-15-13-25(6-2)14-16-26/h9-10,17H,5-8,11-16,18H2,1-4H3,(H2,22,23,24). The number of rotatable bonds is 10. The molecule has 2 rings (SSSR count). The molecule has 0 amide bonds. The maximum Gasteiger partial charge on any atom is 0.191 e. The number of thiophene rings is 1. The van der Waals surface area contributed by atoms with Crippen molar-refractivity contribution in [2.75, 3.05) is 58.9 Å². The van der Waals surface area contributed by atoms with Gasteiger partial charge in [0.1, 0.15) is 0 Å². The van der Waals surface area contributed by atoms with Crippen LogP contribution in [0.2, 0.25) is 0 Å². The Bertz CT molecular complexity index is 533. The third-order valence-electron chi connectivity index (χ3n) is 5.27. The van der Waals surface area contributed by atoms with Crippen LogP contribution >= 0.6 is 11.3 Å². The molecule has 0 aliphatic carbocycles.